The van der Waals surface area contributed by atoms with Gasteiger partial charge >= 0.3 is 0 Å². The predicted molar refractivity (Wildman–Crippen MR) is 57.8 cm³/mol. The standard InChI is InChI=1S/C11H15S/c1-3-4-5-10-6-8-11(12-2)9-7-10/h6-9H,2-5H2,1H3/q+1. The molecule has 1 aromatic carbocycles. The molecule has 12 heavy (non-hydrogen) atoms. The molecule has 0 radical (unpaired) electrons. The highest BCUT2D eigenvalue weighted by Gasteiger charge is 1.98. The Balaban J connectivity index is 2.58. The quantitative estimate of drug-likeness (QED) is 0.492. The third-order valence-electron chi connectivity index (χ3n) is 1.91. The third-order valence-corrected chi connectivity index (χ3v) is 2.51. The van der Waals surface area contributed by atoms with Crippen molar-refractivity contribution in [2.75, 3.05) is 0 Å². The summed E-state index contributed by atoms with van der Waals surface area (Å²) in [6, 6.07) is 8.68. The molecule has 0 unspecified atom stereocenters. The largest absolute Gasteiger partial charge is 0.230 e. The molecular formula is C11H15S+. The molecule has 0 heterocycles. The first-order valence-corrected chi connectivity index (χ1v) is 5.36. The van der Waals surface area contributed by atoms with E-state index in [1.165, 1.54) is 29.7 Å². The van der Waals surface area contributed by atoms with Gasteiger partial charge in [0.05, 0.1) is 0 Å². The molecule has 0 N–H and O–H groups in total. The van der Waals surface area contributed by atoms with Crippen LogP contribution in [0.15, 0.2) is 29.2 Å². The average Bonchev–Trinajstić information content (AvgIpc) is 2.15. The molecule has 64 valence electrons. The Hall–Kier alpha value is -0.690. The lowest BCUT2D eigenvalue weighted by Gasteiger charge is -1.96. The normalized spacial score (nSPS) is 9.75. The summed E-state index contributed by atoms with van der Waals surface area (Å²) in [4.78, 5) is 1.25. The van der Waals surface area contributed by atoms with Crippen LogP contribution < -0.4 is 0 Å². The SMILES string of the molecule is C=[S+]c1ccc(CCCC)cc1. The van der Waals surface area contributed by atoms with Crippen LogP contribution >= 0.6 is 0 Å². The molecule has 0 aromatic heterocycles. The van der Waals surface area contributed by atoms with Crippen LogP contribution in [0.1, 0.15) is 25.3 Å². The topological polar surface area (TPSA) is 0 Å². The number of unbranched alkanes of at least 4 members (excludes halogenated alkanes) is 1. The highest BCUT2D eigenvalue weighted by Crippen LogP contribution is 2.07. The summed E-state index contributed by atoms with van der Waals surface area (Å²) < 4.78 is 0. The van der Waals surface area contributed by atoms with Crippen LogP contribution in [0.3, 0.4) is 0 Å². The Morgan fingerprint density at radius 3 is 2.42 bits per heavy atom. The Kier molecular flexibility index (Phi) is 3.95. The monoisotopic (exact) mass is 179 g/mol. The molecule has 0 aliphatic heterocycles. The number of hydrogen-bond acceptors (Lipinski definition) is 0. The van der Waals surface area contributed by atoms with E-state index in [2.05, 4.69) is 37.1 Å². The van der Waals surface area contributed by atoms with Gasteiger partial charge in [-0.1, -0.05) is 25.5 Å². The number of rotatable bonds is 4. The molecular weight excluding hydrogens is 164 g/mol. The molecule has 0 spiro atoms. The van der Waals surface area contributed by atoms with Crippen molar-refractivity contribution in [3.05, 3.63) is 29.8 Å². The highest BCUT2D eigenvalue weighted by molar-refractivity contribution is 7.76. The second kappa shape index (κ2) is 5.04. The van der Waals surface area contributed by atoms with E-state index in [1.807, 2.05) is 0 Å². The van der Waals surface area contributed by atoms with Gasteiger partial charge in [-0.15, -0.1) is 0 Å². The molecule has 1 rings (SSSR count). The summed E-state index contributed by atoms with van der Waals surface area (Å²) >= 11 is 1.55. The minimum Gasteiger partial charge on any atom is -0.0654 e. The lowest BCUT2D eigenvalue weighted by molar-refractivity contribution is 0.794. The van der Waals surface area contributed by atoms with Gasteiger partial charge in [-0.25, -0.2) is 0 Å². The molecule has 1 heteroatoms. The van der Waals surface area contributed by atoms with E-state index in [4.69, 9.17) is 0 Å². The van der Waals surface area contributed by atoms with Gasteiger partial charge in [0, 0.05) is 12.1 Å². The van der Waals surface area contributed by atoms with Crippen LogP contribution in [-0.2, 0) is 17.8 Å². The molecule has 0 bridgehead atoms. The van der Waals surface area contributed by atoms with Crippen molar-refractivity contribution in [2.45, 2.75) is 31.1 Å². The van der Waals surface area contributed by atoms with Crippen molar-refractivity contribution in [3.8, 4) is 0 Å². The van der Waals surface area contributed by atoms with Crippen LogP contribution in [0.4, 0.5) is 0 Å². The smallest absolute Gasteiger partial charge is 0.0654 e. The third kappa shape index (κ3) is 2.74. The molecule has 0 saturated carbocycles. The second-order valence-electron chi connectivity index (χ2n) is 2.89. The van der Waals surface area contributed by atoms with Crippen molar-refractivity contribution in [1.29, 1.82) is 0 Å². The van der Waals surface area contributed by atoms with Gasteiger partial charge in [0.15, 0.2) is 5.87 Å². The van der Waals surface area contributed by atoms with Gasteiger partial charge in [0.1, 0.15) is 0 Å². The minimum atomic E-state index is 1.21. The van der Waals surface area contributed by atoms with E-state index in [-0.39, 0.29) is 0 Å². The number of hydrogen-bond donors (Lipinski definition) is 0. The first-order chi connectivity index (χ1) is 5.86. The average molecular weight is 179 g/mol. The van der Waals surface area contributed by atoms with Gasteiger partial charge in [0.2, 0.25) is 16.2 Å². The Labute approximate surface area is 78.6 Å². The second-order valence-corrected chi connectivity index (χ2v) is 3.65. The zero-order valence-electron chi connectivity index (χ0n) is 7.55. The van der Waals surface area contributed by atoms with Crippen LogP contribution in [0, 0.1) is 0 Å². The zero-order chi connectivity index (χ0) is 8.81. The maximum absolute atomic E-state index is 3.76. The number of aryl methyl sites for hydroxylation is 1. The summed E-state index contributed by atoms with van der Waals surface area (Å²) in [6.45, 7) is 2.22. The summed E-state index contributed by atoms with van der Waals surface area (Å²) in [7, 11) is 0. The number of benzene rings is 1. The van der Waals surface area contributed by atoms with E-state index in [9.17, 15) is 0 Å². The van der Waals surface area contributed by atoms with Gasteiger partial charge in [0.25, 0.3) is 0 Å². The maximum atomic E-state index is 3.76. The van der Waals surface area contributed by atoms with Crippen LogP contribution in [-0.4, -0.2) is 5.87 Å². The molecule has 0 nitrogen and oxygen atoms in total. The fourth-order valence-electron chi connectivity index (χ4n) is 1.13. The first kappa shape index (κ1) is 9.40. The van der Waals surface area contributed by atoms with Gasteiger partial charge in [-0.2, -0.15) is 0 Å². The van der Waals surface area contributed by atoms with Crippen molar-refractivity contribution in [3.63, 3.8) is 0 Å². The lowest BCUT2D eigenvalue weighted by atomic mass is 10.1. The van der Waals surface area contributed by atoms with E-state index < -0.39 is 0 Å². The minimum absolute atomic E-state index is 1.21. The molecule has 0 fully saturated rings. The summed E-state index contributed by atoms with van der Waals surface area (Å²) in [5.41, 5.74) is 1.44. The molecule has 0 aliphatic rings. The zero-order valence-corrected chi connectivity index (χ0v) is 8.36. The van der Waals surface area contributed by atoms with Crippen molar-refractivity contribution < 1.29 is 0 Å². The van der Waals surface area contributed by atoms with E-state index in [1.54, 1.807) is 11.4 Å². The summed E-state index contributed by atoms with van der Waals surface area (Å²) in [5, 5.41) is 0. The van der Waals surface area contributed by atoms with Crippen LogP contribution in [0.2, 0.25) is 0 Å². The maximum Gasteiger partial charge on any atom is 0.230 e. The lowest BCUT2D eigenvalue weighted by Crippen LogP contribution is -1.84. The van der Waals surface area contributed by atoms with Crippen LogP contribution in [0.25, 0.3) is 0 Å². The molecule has 0 atom stereocenters. The Morgan fingerprint density at radius 2 is 1.92 bits per heavy atom. The Bertz CT molecular complexity index is 236. The predicted octanol–water partition coefficient (Wildman–Crippen LogP) is 2.90. The van der Waals surface area contributed by atoms with Crippen LogP contribution in [0.5, 0.6) is 0 Å². The van der Waals surface area contributed by atoms with Crippen molar-refractivity contribution in [1.82, 2.24) is 0 Å². The van der Waals surface area contributed by atoms with Gasteiger partial charge in [-0.3, -0.25) is 0 Å². The van der Waals surface area contributed by atoms with Crippen molar-refractivity contribution in [2.24, 2.45) is 0 Å². The van der Waals surface area contributed by atoms with E-state index >= 15 is 0 Å². The molecule has 0 aliphatic carbocycles. The highest BCUT2D eigenvalue weighted by atomic mass is 32.1. The van der Waals surface area contributed by atoms with E-state index in [0.717, 1.165) is 0 Å². The molecule has 0 saturated heterocycles. The molecule has 0 amide bonds. The summed E-state index contributed by atoms with van der Waals surface area (Å²) in [5.74, 6) is 3.76. The van der Waals surface area contributed by atoms with Crippen molar-refractivity contribution >= 4 is 17.2 Å². The first-order valence-electron chi connectivity index (χ1n) is 4.37. The van der Waals surface area contributed by atoms with Gasteiger partial charge in [-0.05, 0) is 18.4 Å². The summed E-state index contributed by atoms with van der Waals surface area (Å²) in [6.07, 6.45) is 3.77. The fraction of sp³-hybridized carbons (Fsp3) is 0.364. The Morgan fingerprint density at radius 1 is 1.25 bits per heavy atom. The van der Waals surface area contributed by atoms with Gasteiger partial charge < -0.3 is 0 Å². The molecule has 1 aromatic rings. The van der Waals surface area contributed by atoms with E-state index in [0.29, 0.717) is 0 Å². The fourth-order valence-corrected chi connectivity index (χ4v) is 1.46.